The molecule has 1 heterocycles. The third-order valence-electron chi connectivity index (χ3n) is 2.16. The molecule has 2 N–H and O–H groups in total. The van der Waals surface area contributed by atoms with Crippen molar-refractivity contribution in [1.82, 2.24) is 4.90 Å². The third-order valence-corrected chi connectivity index (χ3v) is 2.16. The minimum absolute atomic E-state index is 0.0775. The zero-order valence-corrected chi connectivity index (χ0v) is 9.99. The minimum Gasteiger partial charge on any atom is -0.513 e. The Hall–Kier alpha value is -1.23. The van der Waals surface area contributed by atoms with Gasteiger partial charge in [0.1, 0.15) is 11.2 Å². The molecule has 1 aliphatic heterocycles. The monoisotopic (exact) mass is 229 g/mol. The van der Waals surface area contributed by atoms with Crippen LogP contribution in [0.3, 0.4) is 0 Å². The second-order valence-corrected chi connectivity index (χ2v) is 5.30. The summed E-state index contributed by atoms with van der Waals surface area (Å²) in [6.07, 6.45) is -0.354. The molecule has 1 aliphatic rings. The lowest BCUT2D eigenvalue weighted by Gasteiger charge is -2.46. The molecule has 0 aromatic heterocycles. The fourth-order valence-corrected chi connectivity index (χ4v) is 1.61. The van der Waals surface area contributed by atoms with E-state index in [4.69, 9.17) is 9.84 Å². The number of nitrogens with zero attached hydrogens (tertiary/aromatic N) is 1. The van der Waals surface area contributed by atoms with Crippen molar-refractivity contribution in [2.75, 3.05) is 13.1 Å². The normalized spacial score (nSPS) is 18.9. The molecule has 0 aromatic rings. The van der Waals surface area contributed by atoms with Crippen LogP contribution in [-0.2, 0) is 4.74 Å². The first-order valence-corrected chi connectivity index (χ1v) is 5.18. The summed E-state index contributed by atoms with van der Waals surface area (Å²) < 4.78 is 5.13. The molecule has 0 atom stereocenters. The van der Waals surface area contributed by atoms with Gasteiger partial charge in [-0.1, -0.05) is 6.58 Å². The summed E-state index contributed by atoms with van der Waals surface area (Å²) in [6.45, 7) is 9.00. The first kappa shape index (κ1) is 12.8. The summed E-state index contributed by atoms with van der Waals surface area (Å²) in [5.74, 6) is -0.0775. The average molecular weight is 229 g/mol. The second-order valence-electron chi connectivity index (χ2n) is 5.30. The molecule has 0 aromatic carbocycles. The number of hydrogen-bond acceptors (Lipinski definition) is 4. The SMILES string of the molecule is C=C(O)CC1(O)CN(C(=O)OC(C)(C)C)C1. The summed E-state index contributed by atoms with van der Waals surface area (Å²) in [7, 11) is 0. The molecular weight excluding hydrogens is 210 g/mol. The number of ether oxygens (including phenoxy) is 1. The van der Waals surface area contributed by atoms with Gasteiger partial charge >= 0.3 is 6.09 Å². The number of aliphatic hydroxyl groups excluding tert-OH is 1. The van der Waals surface area contributed by atoms with Gasteiger partial charge in [0.2, 0.25) is 0 Å². The molecule has 1 amide bonds. The first-order valence-electron chi connectivity index (χ1n) is 5.18. The highest BCUT2D eigenvalue weighted by Crippen LogP contribution is 2.28. The maximum atomic E-state index is 11.5. The Bertz CT molecular complexity index is 300. The molecular formula is C11H19NO4. The Morgan fingerprint density at radius 1 is 1.50 bits per heavy atom. The van der Waals surface area contributed by atoms with E-state index in [2.05, 4.69) is 6.58 Å². The number of aliphatic hydroxyl groups is 2. The van der Waals surface area contributed by atoms with E-state index in [-0.39, 0.29) is 25.3 Å². The van der Waals surface area contributed by atoms with E-state index in [9.17, 15) is 9.90 Å². The van der Waals surface area contributed by atoms with Crippen LogP contribution in [0.25, 0.3) is 0 Å². The fourth-order valence-electron chi connectivity index (χ4n) is 1.61. The smallest absolute Gasteiger partial charge is 0.410 e. The van der Waals surface area contributed by atoms with Gasteiger partial charge in [-0.3, -0.25) is 0 Å². The predicted molar refractivity (Wildman–Crippen MR) is 59.1 cm³/mol. The van der Waals surface area contributed by atoms with E-state index in [0.717, 1.165) is 0 Å². The van der Waals surface area contributed by atoms with E-state index in [0.29, 0.717) is 0 Å². The van der Waals surface area contributed by atoms with Crippen molar-refractivity contribution >= 4 is 6.09 Å². The summed E-state index contributed by atoms with van der Waals surface area (Å²) in [6, 6.07) is 0. The van der Waals surface area contributed by atoms with E-state index in [1.165, 1.54) is 4.90 Å². The zero-order valence-electron chi connectivity index (χ0n) is 9.99. The van der Waals surface area contributed by atoms with Gasteiger partial charge in [-0.05, 0) is 20.8 Å². The van der Waals surface area contributed by atoms with Gasteiger partial charge in [0.25, 0.3) is 0 Å². The molecule has 5 nitrogen and oxygen atoms in total. The first-order chi connectivity index (χ1) is 7.11. The van der Waals surface area contributed by atoms with Gasteiger partial charge in [0.05, 0.1) is 18.8 Å². The number of carbonyl (C=O) groups excluding carboxylic acids is 1. The average Bonchev–Trinajstić information content (AvgIpc) is 1.94. The van der Waals surface area contributed by atoms with Crippen molar-refractivity contribution in [3.8, 4) is 0 Å². The highest BCUT2D eigenvalue weighted by Gasteiger charge is 2.45. The largest absolute Gasteiger partial charge is 0.513 e. The van der Waals surface area contributed by atoms with Crippen LogP contribution in [0.2, 0.25) is 0 Å². The van der Waals surface area contributed by atoms with Crippen molar-refractivity contribution in [1.29, 1.82) is 0 Å². The van der Waals surface area contributed by atoms with Gasteiger partial charge in [-0.15, -0.1) is 0 Å². The molecule has 5 heteroatoms. The van der Waals surface area contributed by atoms with Crippen LogP contribution < -0.4 is 0 Å². The lowest BCUT2D eigenvalue weighted by atomic mass is 9.90. The molecule has 0 aliphatic carbocycles. The Morgan fingerprint density at radius 3 is 2.38 bits per heavy atom. The highest BCUT2D eigenvalue weighted by molar-refractivity contribution is 5.69. The second kappa shape index (κ2) is 3.97. The van der Waals surface area contributed by atoms with Crippen molar-refractivity contribution in [2.24, 2.45) is 0 Å². The lowest BCUT2D eigenvalue weighted by molar-refractivity contribution is -0.101. The van der Waals surface area contributed by atoms with Crippen molar-refractivity contribution < 1.29 is 19.7 Å². The van der Waals surface area contributed by atoms with Gasteiger partial charge in [-0.25, -0.2) is 4.79 Å². The number of hydrogen-bond donors (Lipinski definition) is 2. The maximum absolute atomic E-state index is 11.5. The van der Waals surface area contributed by atoms with Crippen LogP contribution >= 0.6 is 0 Å². The minimum atomic E-state index is -1.05. The number of rotatable bonds is 2. The Balaban J connectivity index is 2.41. The Kier molecular flexibility index (Phi) is 3.19. The summed E-state index contributed by atoms with van der Waals surface area (Å²) in [4.78, 5) is 12.9. The molecule has 16 heavy (non-hydrogen) atoms. The molecule has 1 saturated heterocycles. The van der Waals surface area contributed by atoms with Crippen LogP contribution in [0.4, 0.5) is 4.79 Å². The van der Waals surface area contributed by atoms with Crippen LogP contribution in [0.5, 0.6) is 0 Å². The van der Waals surface area contributed by atoms with Crippen LogP contribution in [0.15, 0.2) is 12.3 Å². The van der Waals surface area contributed by atoms with Gasteiger partial charge in [0, 0.05) is 6.42 Å². The maximum Gasteiger partial charge on any atom is 0.410 e. The molecule has 0 unspecified atom stereocenters. The predicted octanol–water partition coefficient (Wildman–Crippen LogP) is 1.43. The molecule has 0 radical (unpaired) electrons. The third kappa shape index (κ3) is 3.41. The highest BCUT2D eigenvalue weighted by atomic mass is 16.6. The molecule has 0 spiro atoms. The summed E-state index contributed by atoms with van der Waals surface area (Å²) in [5.41, 5.74) is -1.59. The van der Waals surface area contributed by atoms with Crippen molar-refractivity contribution in [2.45, 2.75) is 38.4 Å². The lowest BCUT2D eigenvalue weighted by Crippen LogP contribution is -2.64. The van der Waals surface area contributed by atoms with E-state index >= 15 is 0 Å². The number of amides is 1. The Morgan fingerprint density at radius 2 is 2.00 bits per heavy atom. The van der Waals surface area contributed by atoms with Crippen molar-refractivity contribution in [3.63, 3.8) is 0 Å². The molecule has 1 rings (SSSR count). The number of carbonyl (C=O) groups is 1. The molecule has 92 valence electrons. The van der Waals surface area contributed by atoms with E-state index < -0.39 is 17.3 Å². The molecule has 1 fully saturated rings. The fraction of sp³-hybridized carbons (Fsp3) is 0.727. The standard InChI is InChI=1S/C11H19NO4/c1-8(13)5-11(15)6-12(7-11)9(14)16-10(2,3)4/h13,15H,1,5-7H2,2-4H3. The van der Waals surface area contributed by atoms with E-state index in [1.54, 1.807) is 20.8 Å². The Labute approximate surface area is 95.3 Å². The van der Waals surface area contributed by atoms with E-state index in [1.807, 2.05) is 0 Å². The van der Waals surface area contributed by atoms with Gasteiger partial charge in [0.15, 0.2) is 0 Å². The quantitative estimate of drug-likeness (QED) is 0.703. The zero-order chi connectivity index (χ0) is 12.6. The van der Waals surface area contributed by atoms with Gasteiger partial charge in [-0.2, -0.15) is 0 Å². The topological polar surface area (TPSA) is 70.0 Å². The van der Waals surface area contributed by atoms with Crippen molar-refractivity contribution in [3.05, 3.63) is 12.3 Å². The molecule has 0 saturated carbocycles. The van der Waals surface area contributed by atoms with Crippen LogP contribution in [-0.4, -0.2) is 45.5 Å². The summed E-state index contributed by atoms with van der Waals surface area (Å²) in [5, 5.41) is 18.8. The van der Waals surface area contributed by atoms with Gasteiger partial charge < -0.3 is 19.8 Å². The number of likely N-dealkylation sites (tertiary alicyclic amines) is 1. The van der Waals surface area contributed by atoms with Crippen LogP contribution in [0.1, 0.15) is 27.2 Å². The van der Waals surface area contributed by atoms with Crippen LogP contribution in [0, 0.1) is 0 Å². The summed E-state index contributed by atoms with van der Waals surface area (Å²) >= 11 is 0. The molecule has 0 bridgehead atoms. The number of β-amino-alcohol motifs (C(OH)–C–C–N with tert-alkyl or cyclic N) is 1.